The van der Waals surface area contributed by atoms with Crippen LogP contribution in [0.3, 0.4) is 0 Å². The Morgan fingerprint density at radius 3 is 2.08 bits per heavy atom. The van der Waals surface area contributed by atoms with Crippen LogP contribution in [0, 0.1) is 11.8 Å². The Labute approximate surface area is 150 Å². The van der Waals surface area contributed by atoms with Crippen molar-refractivity contribution >= 4 is 15.9 Å². The molecule has 6 nitrogen and oxygen atoms in total. The number of hydrogen-bond acceptors (Lipinski definition) is 4. The monoisotopic (exact) mass is 368 g/mol. The summed E-state index contributed by atoms with van der Waals surface area (Å²) in [6.07, 6.45) is 0. The van der Waals surface area contributed by atoms with Crippen molar-refractivity contribution in [3.8, 4) is 5.75 Å². The van der Waals surface area contributed by atoms with Gasteiger partial charge in [-0.15, -0.1) is 0 Å². The zero-order valence-corrected chi connectivity index (χ0v) is 16.3. The fourth-order valence-electron chi connectivity index (χ4n) is 2.63. The first-order valence-electron chi connectivity index (χ1n) is 8.73. The summed E-state index contributed by atoms with van der Waals surface area (Å²) in [5.74, 6) is 1.08. The highest BCUT2D eigenvalue weighted by Crippen LogP contribution is 2.21. The normalized spacial score (nSPS) is 16.5. The summed E-state index contributed by atoms with van der Waals surface area (Å²) in [5.41, 5.74) is 0. The average molecular weight is 368 g/mol. The molecule has 1 fully saturated rings. The summed E-state index contributed by atoms with van der Waals surface area (Å²) in [6, 6.07) is 6.54. The third kappa shape index (κ3) is 4.95. The first-order chi connectivity index (χ1) is 11.7. The maximum absolute atomic E-state index is 12.8. The zero-order chi connectivity index (χ0) is 18.6. The molecule has 0 bridgehead atoms. The predicted octanol–water partition coefficient (Wildman–Crippen LogP) is 2.21. The van der Waals surface area contributed by atoms with E-state index >= 15 is 0 Å². The Kier molecular flexibility index (Phi) is 6.46. The lowest BCUT2D eigenvalue weighted by atomic mass is 10.2. The third-order valence-electron chi connectivity index (χ3n) is 4.09. The molecule has 2 rings (SSSR count). The molecule has 0 unspecified atom stereocenters. The lowest BCUT2D eigenvalue weighted by molar-refractivity contribution is -0.135. The number of sulfonamides is 1. The van der Waals surface area contributed by atoms with E-state index < -0.39 is 10.0 Å². The number of hydrogen-bond donors (Lipinski definition) is 0. The Balaban J connectivity index is 2.01. The predicted molar refractivity (Wildman–Crippen MR) is 97.0 cm³/mol. The molecule has 0 radical (unpaired) electrons. The highest BCUT2D eigenvalue weighted by molar-refractivity contribution is 7.89. The van der Waals surface area contributed by atoms with Gasteiger partial charge in [0, 0.05) is 32.1 Å². The van der Waals surface area contributed by atoms with Crippen LogP contribution in [0.4, 0.5) is 0 Å². The maximum atomic E-state index is 12.8. The van der Waals surface area contributed by atoms with Crippen molar-refractivity contribution in [2.75, 3.05) is 32.8 Å². The van der Waals surface area contributed by atoms with Crippen LogP contribution in [0.25, 0.3) is 0 Å². The number of amides is 1. The molecule has 1 aliphatic rings. The van der Waals surface area contributed by atoms with Crippen LogP contribution in [0.1, 0.15) is 27.7 Å². The molecule has 0 aliphatic carbocycles. The summed E-state index contributed by atoms with van der Waals surface area (Å²) in [4.78, 5) is 14.0. The van der Waals surface area contributed by atoms with Crippen LogP contribution < -0.4 is 4.74 Å². The highest BCUT2D eigenvalue weighted by Gasteiger charge is 2.30. The van der Waals surface area contributed by atoms with Crippen molar-refractivity contribution in [1.82, 2.24) is 9.21 Å². The summed E-state index contributed by atoms with van der Waals surface area (Å²) < 4.78 is 32.5. The number of benzene rings is 1. The van der Waals surface area contributed by atoms with Crippen LogP contribution >= 0.6 is 0 Å². The molecule has 25 heavy (non-hydrogen) atoms. The minimum atomic E-state index is -3.54. The summed E-state index contributed by atoms with van der Waals surface area (Å²) in [7, 11) is -3.54. The van der Waals surface area contributed by atoms with Gasteiger partial charge in [0.2, 0.25) is 15.9 Å². The summed E-state index contributed by atoms with van der Waals surface area (Å²) >= 11 is 0. The molecule has 1 heterocycles. The van der Waals surface area contributed by atoms with Gasteiger partial charge >= 0.3 is 0 Å². The fourth-order valence-corrected chi connectivity index (χ4v) is 4.06. The fraction of sp³-hybridized carbons (Fsp3) is 0.611. The molecule has 1 aromatic carbocycles. The van der Waals surface area contributed by atoms with Gasteiger partial charge in [0.1, 0.15) is 5.75 Å². The van der Waals surface area contributed by atoms with Gasteiger partial charge in [0.15, 0.2) is 0 Å². The third-order valence-corrected chi connectivity index (χ3v) is 6.00. The lowest BCUT2D eigenvalue weighted by Gasteiger charge is -2.34. The van der Waals surface area contributed by atoms with E-state index in [1.54, 1.807) is 29.2 Å². The van der Waals surface area contributed by atoms with Gasteiger partial charge in [-0.05, 0) is 30.2 Å². The van der Waals surface area contributed by atoms with Gasteiger partial charge < -0.3 is 9.64 Å². The first-order valence-corrected chi connectivity index (χ1v) is 10.2. The number of nitrogens with zero attached hydrogens (tertiary/aromatic N) is 2. The molecule has 0 saturated carbocycles. The Morgan fingerprint density at radius 2 is 1.60 bits per heavy atom. The van der Waals surface area contributed by atoms with Crippen LogP contribution in [-0.4, -0.2) is 56.3 Å². The van der Waals surface area contributed by atoms with Crippen LogP contribution in [0.15, 0.2) is 29.2 Å². The van der Waals surface area contributed by atoms with E-state index in [-0.39, 0.29) is 16.7 Å². The molecule has 1 aromatic rings. The molecule has 140 valence electrons. The Bertz CT molecular complexity index is 676. The van der Waals surface area contributed by atoms with Crippen molar-refractivity contribution in [1.29, 1.82) is 0 Å². The molecule has 0 N–H and O–H groups in total. The van der Waals surface area contributed by atoms with E-state index in [4.69, 9.17) is 4.74 Å². The van der Waals surface area contributed by atoms with E-state index in [1.807, 2.05) is 13.8 Å². The van der Waals surface area contributed by atoms with E-state index in [1.165, 1.54) is 4.31 Å². The van der Waals surface area contributed by atoms with Gasteiger partial charge in [-0.3, -0.25) is 4.79 Å². The zero-order valence-electron chi connectivity index (χ0n) is 15.4. The van der Waals surface area contributed by atoms with Gasteiger partial charge in [0.05, 0.1) is 11.5 Å². The molecule has 0 atom stereocenters. The van der Waals surface area contributed by atoms with Gasteiger partial charge in [-0.25, -0.2) is 8.42 Å². The van der Waals surface area contributed by atoms with Crippen molar-refractivity contribution in [3.63, 3.8) is 0 Å². The SMILES string of the molecule is CC(C)COc1ccc(S(=O)(=O)N2CCN(C(=O)C(C)C)CC2)cc1. The van der Waals surface area contributed by atoms with Crippen LogP contribution in [-0.2, 0) is 14.8 Å². The largest absolute Gasteiger partial charge is 0.493 e. The van der Waals surface area contributed by atoms with Crippen molar-refractivity contribution in [3.05, 3.63) is 24.3 Å². The van der Waals surface area contributed by atoms with Gasteiger partial charge in [0.25, 0.3) is 0 Å². The number of ether oxygens (including phenoxy) is 1. The molecule has 0 spiro atoms. The smallest absolute Gasteiger partial charge is 0.243 e. The maximum Gasteiger partial charge on any atom is 0.243 e. The minimum Gasteiger partial charge on any atom is -0.493 e. The second-order valence-electron chi connectivity index (χ2n) is 7.06. The second kappa shape index (κ2) is 8.19. The first kappa shape index (κ1) is 19.7. The summed E-state index contributed by atoms with van der Waals surface area (Å²) in [6.45, 7) is 9.95. The van der Waals surface area contributed by atoms with Crippen molar-refractivity contribution < 1.29 is 17.9 Å². The van der Waals surface area contributed by atoms with E-state index in [9.17, 15) is 13.2 Å². The number of piperazine rings is 1. The topological polar surface area (TPSA) is 66.9 Å². The molecule has 1 amide bonds. The molecule has 1 saturated heterocycles. The van der Waals surface area contributed by atoms with E-state index in [2.05, 4.69) is 13.8 Å². The highest BCUT2D eigenvalue weighted by atomic mass is 32.2. The quantitative estimate of drug-likeness (QED) is 0.772. The van der Waals surface area contributed by atoms with E-state index in [0.717, 1.165) is 0 Å². The molecular formula is C18H28N2O4S. The van der Waals surface area contributed by atoms with Gasteiger partial charge in [-0.1, -0.05) is 27.7 Å². The molecule has 1 aliphatic heterocycles. The summed E-state index contributed by atoms with van der Waals surface area (Å²) in [5, 5.41) is 0. The lowest BCUT2D eigenvalue weighted by Crippen LogP contribution is -2.51. The number of rotatable bonds is 6. The van der Waals surface area contributed by atoms with Crippen molar-refractivity contribution in [2.45, 2.75) is 32.6 Å². The van der Waals surface area contributed by atoms with Crippen LogP contribution in [0.5, 0.6) is 5.75 Å². The van der Waals surface area contributed by atoms with Crippen molar-refractivity contribution in [2.24, 2.45) is 11.8 Å². The van der Waals surface area contributed by atoms with E-state index in [0.29, 0.717) is 44.5 Å². The minimum absolute atomic E-state index is 0.0680. The average Bonchev–Trinajstić information content (AvgIpc) is 2.59. The van der Waals surface area contributed by atoms with Gasteiger partial charge in [-0.2, -0.15) is 4.31 Å². The Morgan fingerprint density at radius 1 is 1.04 bits per heavy atom. The molecule has 7 heteroatoms. The second-order valence-corrected chi connectivity index (χ2v) is 9.00. The molecular weight excluding hydrogens is 340 g/mol. The molecule has 0 aromatic heterocycles. The standard InChI is InChI=1S/C18H28N2O4S/c1-14(2)13-24-16-5-7-17(8-6-16)25(22,23)20-11-9-19(10-12-20)18(21)15(3)4/h5-8,14-15H,9-13H2,1-4H3. The Hall–Kier alpha value is -1.60. The number of carbonyl (C=O) groups is 1. The van der Waals surface area contributed by atoms with Crippen LogP contribution in [0.2, 0.25) is 0 Å². The number of carbonyl (C=O) groups excluding carboxylic acids is 1.